The Balaban J connectivity index is 1.61. The Hall–Kier alpha value is -1.94. The minimum absolute atomic E-state index is 0.146. The maximum absolute atomic E-state index is 13.1. The maximum atomic E-state index is 13.1. The fraction of sp³-hybridized carbons (Fsp3) is 0.429. The molecular formula is C21H28N4O3S2. The second-order valence-corrected chi connectivity index (χ2v) is 9.92. The first-order valence-corrected chi connectivity index (χ1v) is 12.8. The quantitative estimate of drug-likeness (QED) is 0.630. The predicted molar refractivity (Wildman–Crippen MR) is 120 cm³/mol. The number of aromatic nitrogens is 1. The number of sulfonamides is 1. The van der Waals surface area contributed by atoms with Gasteiger partial charge in [0.1, 0.15) is 6.04 Å². The molecule has 3 rings (SSSR count). The summed E-state index contributed by atoms with van der Waals surface area (Å²) in [6.45, 7) is 3.52. The lowest BCUT2D eigenvalue weighted by Gasteiger charge is -2.36. The van der Waals surface area contributed by atoms with E-state index < -0.39 is 16.1 Å². The second kappa shape index (κ2) is 10.9. The lowest BCUT2D eigenvalue weighted by Crippen LogP contribution is -2.54. The SMILES string of the molecule is CSCCC(NS(=O)(=O)c1ccccc1)C(=O)N1CCN(Cc2ccncc2)CC1. The van der Waals surface area contributed by atoms with Gasteiger partial charge in [0.15, 0.2) is 0 Å². The molecule has 1 saturated heterocycles. The van der Waals surface area contributed by atoms with E-state index in [0.29, 0.717) is 25.3 Å². The van der Waals surface area contributed by atoms with Crippen LogP contribution in [0, 0.1) is 0 Å². The van der Waals surface area contributed by atoms with Crippen LogP contribution in [0.4, 0.5) is 0 Å². The van der Waals surface area contributed by atoms with Crippen LogP contribution >= 0.6 is 11.8 Å². The molecule has 7 nitrogen and oxygen atoms in total. The predicted octanol–water partition coefficient (Wildman–Crippen LogP) is 1.83. The van der Waals surface area contributed by atoms with Crippen LogP contribution < -0.4 is 4.72 Å². The van der Waals surface area contributed by atoms with Gasteiger partial charge in [-0.3, -0.25) is 14.7 Å². The van der Waals surface area contributed by atoms with Crippen molar-refractivity contribution < 1.29 is 13.2 Å². The molecule has 162 valence electrons. The van der Waals surface area contributed by atoms with Crippen LogP contribution in [0.1, 0.15) is 12.0 Å². The molecule has 0 radical (unpaired) electrons. The average molecular weight is 449 g/mol. The Morgan fingerprint density at radius 3 is 2.40 bits per heavy atom. The van der Waals surface area contributed by atoms with E-state index in [4.69, 9.17) is 0 Å². The van der Waals surface area contributed by atoms with Crippen molar-refractivity contribution in [1.29, 1.82) is 0 Å². The molecule has 1 fully saturated rings. The van der Waals surface area contributed by atoms with Gasteiger partial charge in [-0.25, -0.2) is 8.42 Å². The van der Waals surface area contributed by atoms with Gasteiger partial charge in [-0.15, -0.1) is 0 Å². The fourth-order valence-corrected chi connectivity index (χ4v) is 5.13. The Morgan fingerprint density at radius 2 is 1.77 bits per heavy atom. The minimum Gasteiger partial charge on any atom is -0.339 e. The number of hydrogen-bond acceptors (Lipinski definition) is 6. The summed E-state index contributed by atoms with van der Waals surface area (Å²) in [6, 6.07) is 11.4. The van der Waals surface area contributed by atoms with E-state index in [-0.39, 0.29) is 10.8 Å². The summed E-state index contributed by atoms with van der Waals surface area (Å²) in [5, 5.41) is 0. The molecule has 0 saturated carbocycles. The van der Waals surface area contributed by atoms with Crippen molar-refractivity contribution in [3.63, 3.8) is 0 Å². The lowest BCUT2D eigenvalue weighted by molar-refractivity contribution is -0.134. The van der Waals surface area contributed by atoms with Gasteiger partial charge in [-0.2, -0.15) is 16.5 Å². The van der Waals surface area contributed by atoms with Gasteiger partial charge in [0, 0.05) is 45.1 Å². The number of carbonyl (C=O) groups is 1. The third-order valence-corrected chi connectivity index (χ3v) is 7.23. The highest BCUT2D eigenvalue weighted by molar-refractivity contribution is 7.98. The van der Waals surface area contributed by atoms with E-state index in [2.05, 4.69) is 14.6 Å². The number of nitrogens with zero attached hydrogens (tertiary/aromatic N) is 3. The number of benzene rings is 1. The molecule has 1 aromatic carbocycles. The van der Waals surface area contributed by atoms with Crippen molar-refractivity contribution in [3.8, 4) is 0 Å². The highest BCUT2D eigenvalue weighted by atomic mass is 32.2. The van der Waals surface area contributed by atoms with Gasteiger partial charge in [0.2, 0.25) is 15.9 Å². The molecule has 1 aromatic heterocycles. The van der Waals surface area contributed by atoms with E-state index in [0.717, 1.165) is 19.6 Å². The van der Waals surface area contributed by atoms with Gasteiger partial charge in [-0.05, 0) is 48.3 Å². The molecule has 2 aromatic rings. The number of pyridine rings is 1. The zero-order chi connectivity index (χ0) is 21.4. The summed E-state index contributed by atoms with van der Waals surface area (Å²) < 4.78 is 28.1. The van der Waals surface area contributed by atoms with Gasteiger partial charge < -0.3 is 4.90 Å². The summed E-state index contributed by atoms with van der Waals surface area (Å²) in [6.07, 6.45) is 5.98. The first-order valence-electron chi connectivity index (χ1n) is 9.96. The van der Waals surface area contributed by atoms with E-state index in [1.165, 1.54) is 17.7 Å². The Bertz CT molecular complexity index is 902. The van der Waals surface area contributed by atoms with Gasteiger partial charge in [0.05, 0.1) is 4.90 Å². The third-order valence-electron chi connectivity index (χ3n) is 5.10. The number of amides is 1. The Morgan fingerprint density at radius 1 is 1.10 bits per heavy atom. The molecular weight excluding hydrogens is 420 g/mol. The number of piperazine rings is 1. The van der Waals surface area contributed by atoms with E-state index in [9.17, 15) is 13.2 Å². The molecule has 1 atom stereocenters. The molecule has 30 heavy (non-hydrogen) atoms. The molecule has 9 heteroatoms. The zero-order valence-corrected chi connectivity index (χ0v) is 18.7. The standard InChI is InChI=1S/C21H28N4O3S2/c1-29-16-9-20(23-30(27,28)19-5-3-2-4-6-19)21(26)25-14-12-24(13-15-25)17-18-7-10-22-11-8-18/h2-8,10-11,20,23H,9,12-17H2,1H3. The van der Waals surface area contributed by atoms with Crippen molar-refractivity contribution >= 4 is 27.7 Å². The summed E-state index contributed by atoms with van der Waals surface area (Å²) in [7, 11) is -3.75. The number of nitrogens with one attached hydrogen (secondary N) is 1. The average Bonchev–Trinajstić information content (AvgIpc) is 2.78. The van der Waals surface area contributed by atoms with Crippen LogP contribution in [0.25, 0.3) is 0 Å². The molecule has 1 N–H and O–H groups in total. The fourth-order valence-electron chi connectivity index (χ4n) is 3.42. The maximum Gasteiger partial charge on any atom is 0.241 e. The van der Waals surface area contributed by atoms with Crippen LogP contribution in [0.3, 0.4) is 0 Å². The molecule has 0 aliphatic carbocycles. The monoisotopic (exact) mass is 448 g/mol. The van der Waals surface area contributed by atoms with Crippen LogP contribution in [0.2, 0.25) is 0 Å². The normalized spacial score (nSPS) is 16.4. The topological polar surface area (TPSA) is 82.6 Å². The van der Waals surface area contributed by atoms with Crippen molar-refractivity contribution in [2.24, 2.45) is 0 Å². The van der Waals surface area contributed by atoms with Crippen molar-refractivity contribution in [2.75, 3.05) is 38.2 Å². The van der Waals surface area contributed by atoms with E-state index >= 15 is 0 Å². The smallest absolute Gasteiger partial charge is 0.241 e. The summed E-state index contributed by atoms with van der Waals surface area (Å²) in [5.41, 5.74) is 1.19. The molecule has 1 aliphatic rings. The van der Waals surface area contributed by atoms with Gasteiger partial charge in [0.25, 0.3) is 0 Å². The third kappa shape index (κ3) is 6.28. The molecule has 2 heterocycles. The summed E-state index contributed by atoms with van der Waals surface area (Å²) in [5.74, 6) is 0.558. The molecule has 1 aliphatic heterocycles. The van der Waals surface area contributed by atoms with E-state index in [1.807, 2.05) is 18.4 Å². The Labute approximate surface area is 182 Å². The number of thioether (sulfide) groups is 1. The van der Waals surface area contributed by atoms with Gasteiger partial charge >= 0.3 is 0 Å². The van der Waals surface area contributed by atoms with Crippen LogP contribution in [-0.2, 0) is 21.4 Å². The number of hydrogen-bond donors (Lipinski definition) is 1. The summed E-state index contributed by atoms with van der Waals surface area (Å²) in [4.78, 5) is 21.4. The number of carbonyl (C=O) groups excluding carboxylic acids is 1. The lowest BCUT2D eigenvalue weighted by atomic mass is 10.2. The number of rotatable bonds is 9. The van der Waals surface area contributed by atoms with Crippen molar-refractivity contribution in [3.05, 3.63) is 60.4 Å². The highest BCUT2D eigenvalue weighted by Crippen LogP contribution is 2.14. The second-order valence-electron chi connectivity index (χ2n) is 7.23. The van der Waals surface area contributed by atoms with E-state index in [1.54, 1.807) is 47.3 Å². The van der Waals surface area contributed by atoms with Crippen LogP contribution in [-0.4, -0.2) is 73.3 Å². The van der Waals surface area contributed by atoms with Crippen molar-refractivity contribution in [1.82, 2.24) is 19.5 Å². The minimum atomic E-state index is -3.75. The molecule has 0 bridgehead atoms. The van der Waals surface area contributed by atoms with Gasteiger partial charge in [-0.1, -0.05) is 18.2 Å². The Kier molecular flexibility index (Phi) is 8.26. The van der Waals surface area contributed by atoms with Crippen molar-refractivity contribution in [2.45, 2.75) is 23.9 Å². The molecule has 0 spiro atoms. The first-order chi connectivity index (χ1) is 14.5. The first kappa shape index (κ1) is 22.7. The van der Waals surface area contributed by atoms with Crippen LogP contribution in [0.5, 0.6) is 0 Å². The molecule has 1 unspecified atom stereocenters. The van der Waals surface area contributed by atoms with Crippen LogP contribution in [0.15, 0.2) is 59.8 Å². The summed E-state index contributed by atoms with van der Waals surface area (Å²) >= 11 is 1.60. The highest BCUT2D eigenvalue weighted by Gasteiger charge is 2.30. The zero-order valence-electron chi connectivity index (χ0n) is 17.1. The largest absolute Gasteiger partial charge is 0.339 e. The molecule has 1 amide bonds.